The molecule has 108 valence electrons. The van der Waals surface area contributed by atoms with Gasteiger partial charge in [0.1, 0.15) is 0 Å². The molecule has 0 radical (unpaired) electrons. The molecule has 0 heterocycles. The van der Waals surface area contributed by atoms with Gasteiger partial charge in [-0.25, -0.2) is 0 Å². The minimum absolute atomic E-state index is 1.26. The van der Waals surface area contributed by atoms with Gasteiger partial charge in [-0.2, -0.15) is 0 Å². The summed E-state index contributed by atoms with van der Waals surface area (Å²) in [5.41, 5.74) is 3.08. The lowest BCUT2D eigenvalue weighted by Crippen LogP contribution is -1.93. The van der Waals surface area contributed by atoms with Crippen LogP contribution in [0.5, 0.6) is 0 Å². The summed E-state index contributed by atoms with van der Waals surface area (Å²) in [6.07, 6.45) is 13.4. The maximum atomic E-state index is 2.52. The Morgan fingerprint density at radius 1 is 0.789 bits per heavy atom. The molecule has 0 saturated carbocycles. The van der Waals surface area contributed by atoms with Gasteiger partial charge in [-0.15, -0.1) is 0 Å². The number of halogens is 1. The molecule has 0 bridgehead atoms. The largest absolute Gasteiger partial charge is 0.0654 e. The first kappa shape index (κ1) is 17.0. The van der Waals surface area contributed by atoms with Gasteiger partial charge >= 0.3 is 0 Å². The van der Waals surface area contributed by atoms with E-state index in [1.807, 2.05) is 0 Å². The van der Waals surface area contributed by atoms with Crippen molar-refractivity contribution in [2.45, 2.75) is 78.1 Å². The summed E-state index contributed by atoms with van der Waals surface area (Å²) < 4.78 is 1.47. The second kappa shape index (κ2) is 10.7. The van der Waals surface area contributed by atoms with Gasteiger partial charge in [0.15, 0.2) is 0 Å². The topological polar surface area (TPSA) is 0 Å². The highest BCUT2D eigenvalue weighted by molar-refractivity contribution is 14.1. The molecule has 0 aliphatic rings. The lowest BCUT2D eigenvalue weighted by molar-refractivity contribution is 0.662. The van der Waals surface area contributed by atoms with E-state index in [4.69, 9.17) is 0 Å². The number of unbranched alkanes of at least 4 members (excludes halogenated alkanes) is 6. The fourth-order valence-electron chi connectivity index (χ4n) is 2.45. The van der Waals surface area contributed by atoms with Crippen LogP contribution in [0.2, 0.25) is 0 Å². The van der Waals surface area contributed by atoms with Gasteiger partial charge in [0.25, 0.3) is 0 Å². The number of hydrogen-bond donors (Lipinski definition) is 0. The monoisotopic (exact) mass is 372 g/mol. The van der Waals surface area contributed by atoms with Gasteiger partial charge in [-0.05, 0) is 65.5 Å². The van der Waals surface area contributed by atoms with Crippen LogP contribution in [0.4, 0.5) is 0 Å². The predicted molar refractivity (Wildman–Crippen MR) is 94.9 cm³/mol. The van der Waals surface area contributed by atoms with Crippen LogP contribution in [0.1, 0.15) is 76.3 Å². The number of benzene rings is 1. The first-order valence-corrected chi connectivity index (χ1v) is 9.13. The van der Waals surface area contributed by atoms with Crippen molar-refractivity contribution in [1.82, 2.24) is 0 Å². The van der Waals surface area contributed by atoms with Crippen molar-refractivity contribution in [3.63, 3.8) is 0 Å². The van der Waals surface area contributed by atoms with Gasteiger partial charge in [-0.1, -0.05) is 64.5 Å². The van der Waals surface area contributed by atoms with Crippen LogP contribution in [-0.2, 0) is 12.8 Å². The third-order valence-corrected chi connectivity index (χ3v) is 4.74. The van der Waals surface area contributed by atoms with Crippen molar-refractivity contribution >= 4 is 22.6 Å². The summed E-state index contributed by atoms with van der Waals surface area (Å²) in [6, 6.07) is 7.12. The summed E-state index contributed by atoms with van der Waals surface area (Å²) in [4.78, 5) is 0. The van der Waals surface area contributed by atoms with E-state index in [1.165, 1.54) is 73.3 Å². The summed E-state index contributed by atoms with van der Waals surface area (Å²) in [6.45, 7) is 4.55. The molecule has 0 aliphatic heterocycles. The van der Waals surface area contributed by atoms with Crippen LogP contribution in [0.15, 0.2) is 18.2 Å². The van der Waals surface area contributed by atoms with Crippen molar-refractivity contribution in [1.29, 1.82) is 0 Å². The Labute approximate surface area is 133 Å². The van der Waals surface area contributed by atoms with Crippen LogP contribution in [0.3, 0.4) is 0 Å². The normalized spacial score (nSPS) is 10.9. The fraction of sp³-hybridized carbons (Fsp3) is 0.667. The van der Waals surface area contributed by atoms with Gasteiger partial charge in [0.2, 0.25) is 0 Å². The average Bonchev–Trinajstić information content (AvgIpc) is 2.42. The Balaban J connectivity index is 2.36. The highest BCUT2D eigenvalue weighted by atomic mass is 127. The molecule has 1 heteroatoms. The molecule has 1 aromatic rings. The zero-order valence-electron chi connectivity index (χ0n) is 12.7. The number of rotatable bonds is 10. The zero-order chi connectivity index (χ0) is 13.9. The fourth-order valence-corrected chi connectivity index (χ4v) is 3.30. The molecule has 0 spiro atoms. The maximum Gasteiger partial charge on any atom is 0.0165 e. The molecule has 0 unspecified atom stereocenters. The van der Waals surface area contributed by atoms with Gasteiger partial charge in [0.05, 0.1) is 0 Å². The van der Waals surface area contributed by atoms with E-state index in [0.717, 1.165) is 0 Å². The molecule has 1 aromatic carbocycles. The molecular formula is C18H29I. The molecule has 0 nitrogen and oxygen atoms in total. The van der Waals surface area contributed by atoms with Gasteiger partial charge in [0, 0.05) is 3.57 Å². The second-order valence-corrected chi connectivity index (χ2v) is 6.71. The average molecular weight is 372 g/mol. The van der Waals surface area contributed by atoms with Crippen LogP contribution in [0, 0.1) is 3.57 Å². The Kier molecular flexibility index (Phi) is 9.58. The molecule has 0 aromatic heterocycles. The number of hydrogen-bond acceptors (Lipinski definition) is 0. The molecule has 0 aliphatic carbocycles. The van der Waals surface area contributed by atoms with Crippen LogP contribution >= 0.6 is 22.6 Å². The molecule has 19 heavy (non-hydrogen) atoms. The zero-order valence-corrected chi connectivity index (χ0v) is 14.8. The molecule has 0 saturated heterocycles. The smallest absolute Gasteiger partial charge is 0.0165 e. The quantitative estimate of drug-likeness (QED) is 0.323. The van der Waals surface area contributed by atoms with E-state index in [-0.39, 0.29) is 0 Å². The Morgan fingerprint density at radius 3 is 2.00 bits per heavy atom. The minimum atomic E-state index is 1.26. The highest BCUT2D eigenvalue weighted by Crippen LogP contribution is 2.19. The Hall–Kier alpha value is -0.0500. The lowest BCUT2D eigenvalue weighted by atomic mass is 10.0. The van der Waals surface area contributed by atoms with Crippen LogP contribution < -0.4 is 0 Å². The van der Waals surface area contributed by atoms with Crippen LogP contribution in [-0.4, -0.2) is 0 Å². The van der Waals surface area contributed by atoms with Crippen molar-refractivity contribution in [2.75, 3.05) is 0 Å². The van der Waals surface area contributed by atoms with E-state index in [9.17, 15) is 0 Å². The van der Waals surface area contributed by atoms with Gasteiger partial charge in [-0.3, -0.25) is 0 Å². The molecular weight excluding hydrogens is 343 g/mol. The standard InChI is InChI=1S/C18H29I/c1-3-5-7-9-11-16-13-14-17(18(19)15-16)12-10-8-6-4-2/h13-15H,3-12H2,1-2H3. The van der Waals surface area contributed by atoms with E-state index < -0.39 is 0 Å². The van der Waals surface area contributed by atoms with E-state index >= 15 is 0 Å². The predicted octanol–water partition coefficient (Wildman–Crippen LogP) is 6.54. The second-order valence-electron chi connectivity index (χ2n) is 5.55. The van der Waals surface area contributed by atoms with E-state index in [0.29, 0.717) is 0 Å². The Morgan fingerprint density at radius 2 is 1.42 bits per heavy atom. The third kappa shape index (κ3) is 7.34. The minimum Gasteiger partial charge on any atom is -0.0654 e. The molecule has 0 fully saturated rings. The lowest BCUT2D eigenvalue weighted by Gasteiger charge is -2.08. The first-order valence-electron chi connectivity index (χ1n) is 8.05. The van der Waals surface area contributed by atoms with Crippen LogP contribution in [0.25, 0.3) is 0 Å². The summed E-state index contributed by atoms with van der Waals surface area (Å²) in [5.74, 6) is 0. The number of aryl methyl sites for hydroxylation is 2. The molecule has 0 atom stereocenters. The van der Waals surface area contributed by atoms with Gasteiger partial charge < -0.3 is 0 Å². The third-order valence-electron chi connectivity index (χ3n) is 3.74. The van der Waals surface area contributed by atoms with Crippen molar-refractivity contribution < 1.29 is 0 Å². The SMILES string of the molecule is CCCCCCc1ccc(CCCCCC)c(I)c1. The molecule has 0 N–H and O–H groups in total. The maximum absolute atomic E-state index is 2.52. The first-order chi connectivity index (χ1) is 9.27. The molecule has 1 rings (SSSR count). The van der Waals surface area contributed by atoms with E-state index in [2.05, 4.69) is 54.6 Å². The summed E-state index contributed by atoms with van der Waals surface area (Å²) >= 11 is 2.52. The Bertz CT molecular complexity index is 344. The van der Waals surface area contributed by atoms with Crippen molar-refractivity contribution in [3.05, 3.63) is 32.9 Å². The van der Waals surface area contributed by atoms with Crippen molar-refractivity contribution in [2.24, 2.45) is 0 Å². The summed E-state index contributed by atoms with van der Waals surface area (Å²) in [5, 5.41) is 0. The van der Waals surface area contributed by atoms with Crippen molar-refractivity contribution in [3.8, 4) is 0 Å². The molecule has 0 amide bonds. The van der Waals surface area contributed by atoms with E-state index in [1.54, 1.807) is 5.56 Å². The summed E-state index contributed by atoms with van der Waals surface area (Å²) in [7, 11) is 0. The highest BCUT2D eigenvalue weighted by Gasteiger charge is 2.02.